The Morgan fingerprint density at radius 1 is 1.65 bits per heavy atom. The molecule has 1 aliphatic rings. The minimum absolute atomic E-state index is 0.00250. The van der Waals surface area contributed by atoms with Crippen LogP contribution >= 0.6 is 15.9 Å². The number of carboxylic acid groups (broad SMARTS) is 1. The summed E-state index contributed by atoms with van der Waals surface area (Å²) in [7, 11) is 1.45. The Kier molecular flexibility index (Phi) is 6.00. The third-order valence-corrected chi connectivity index (χ3v) is 4.48. The van der Waals surface area contributed by atoms with Crippen molar-refractivity contribution in [1.82, 2.24) is 20.2 Å². The summed E-state index contributed by atoms with van der Waals surface area (Å²) in [6.07, 6.45) is 2.26. The maximum atomic E-state index is 12.8. The highest BCUT2D eigenvalue weighted by molar-refractivity contribution is 9.10. The van der Waals surface area contributed by atoms with Gasteiger partial charge in [-0.15, -0.1) is 0 Å². The second-order valence-electron chi connectivity index (χ2n) is 5.58. The number of rotatable bonds is 6. The van der Waals surface area contributed by atoms with Gasteiger partial charge in [-0.25, -0.2) is 9.78 Å². The van der Waals surface area contributed by atoms with Gasteiger partial charge in [0.25, 0.3) is 0 Å². The molecule has 3 N–H and O–H groups in total. The fourth-order valence-corrected chi connectivity index (χ4v) is 3.16. The summed E-state index contributed by atoms with van der Waals surface area (Å²) in [5, 5.41) is 11.2. The van der Waals surface area contributed by atoms with Crippen molar-refractivity contribution in [3.8, 4) is 0 Å². The minimum atomic E-state index is -1.24. The first-order valence-corrected chi connectivity index (χ1v) is 8.23. The number of likely N-dealkylation sites (tertiary alicyclic amines) is 1. The molecule has 0 aromatic carbocycles. The number of carbonyl (C=O) groups excluding carboxylic acids is 1. The Balaban J connectivity index is 2.09. The third kappa shape index (κ3) is 4.44. The zero-order valence-electron chi connectivity index (χ0n) is 13.1. The first-order chi connectivity index (χ1) is 10.9. The number of amides is 2. The quantitative estimate of drug-likeness (QED) is 0.681. The van der Waals surface area contributed by atoms with Crippen LogP contribution in [0.2, 0.25) is 0 Å². The molecule has 2 rings (SSSR count). The van der Waals surface area contributed by atoms with Crippen molar-refractivity contribution < 1.29 is 19.4 Å². The average molecular weight is 389 g/mol. The van der Waals surface area contributed by atoms with E-state index in [1.165, 1.54) is 7.11 Å². The van der Waals surface area contributed by atoms with E-state index < -0.39 is 18.2 Å². The van der Waals surface area contributed by atoms with Crippen molar-refractivity contribution >= 4 is 27.9 Å². The van der Waals surface area contributed by atoms with Gasteiger partial charge in [0.1, 0.15) is 16.5 Å². The van der Waals surface area contributed by atoms with E-state index in [0.717, 1.165) is 23.3 Å². The van der Waals surface area contributed by atoms with Crippen LogP contribution in [0.4, 0.5) is 4.79 Å². The lowest BCUT2D eigenvalue weighted by Gasteiger charge is -2.30. The fourth-order valence-electron chi connectivity index (χ4n) is 2.83. The molecule has 0 bridgehead atoms. The lowest BCUT2D eigenvalue weighted by molar-refractivity contribution is -0.137. The predicted molar refractivity (Wildman–Crippen MR) is 86.1 cm³/mol. The maximum absolute atomic E-state index is 12.8. The Hall–Kier alpha value is -1.61. The number of ether oxygens (including phenoxy) is 1. The summed E-state index contributed by atoms with van der Waals surface area (Å²) >= 11 is 3.31. The number of methoxy groups -OCH3 is 1. The van der Waals surface area contributed by atoms with E-state index in [1.807, 2.05) is 0 Å². The summed E-state index contributed by atoms with van der Waals surface area (Å²) in [4.78, 5) is 32.8. The van der Waals surface area contributed by atoms with Gasteiger partial charge in [0, 0.05) is 26.1 Å². The molecule has 2 amide bonds. The highest BCUT2D eigenvalue weighted by Crippen LogP contribution is 2.22. The van der Waals surface area contributed by atoms with E-state index in [0.29, 0.717) is 13.0 Å². The zero-order chi connectivity index (χ0) is 17.0. The molecule has 0 spiro atoms. The molecular weight excluding hydrogens is 368 g/mol. The van der Waals surface area contributed by atoms with Crippen molar-refractivity contribution in [2.24, 2.45) is 0 Å². The second kappa shape index (κ2) is 7.78. The Morgan fingerprint density at radius 2 is 2.39 bits per heavy atom. The third-order valence-electron chi connectivity index (χ3n) is 4.07. The summed E-state index contributed by atoms with van der Waals surface area (Å²) in [5.74, 6) is 0.541. The van der Waals surface area contributed by atoms with Gasteiger partial charge in [-0.3, -0.25) is 4.79 Å². The van der Waals surface area contributed by atoms with Gasteiger partial charge in [-0.1, -0.05) is 0 Å². The predicted octanol–water partition coefficient (Wildman–Crippen LogP) is 1.38. The van der Waals surface area contributed by atoms with Crippen molar-refractivity contribution in [2.75, 3.05) is 13.7 Å². The molecule has 1 aliphatic heterocycles. The van der Waals surface area contributed by atoms with E-state index in [-0.39, 0.29) is 11.9 Å². The molecular formula is C14H21BrN4O4. The molecule has 1 fully saturated rings. The SMILES string of the molecule is CO[C@H](C)[C@H](NC(=O)O)C(=O)N1CCC[C@H]1Cc1ncc(Br)[nH]1. The van der Waals surface area contributed by atoms with Crippen LogP contribution in [0.5, 0.6) is 0 Å². The van der Waals surface area contributed by atoms with Crippen molar-refractivity contribution in [1.29, 1.82) is 0 Å². The molecule has 1 saturated heterocycles. The number of aromatic nitrogens is 2. The molecule has 1 aromatic rings. The van der Waals surface area contributed by atoms with E-state index in [1.54, 1.807) is 18.0 Å². The van der Waals surface area contributed by atoms with Gasteiger partial charge >= 0.3 is 6.09 Å². The normalized spacial score (nSPS) is 20.3. The molecule has 2 heterocycles. The summed E-state index contributed by atoms with van der Waals surface area (Å²) in [5.41, 5.74) is 0. The van der Waals surface area contributed by atoms with Gasteiger partial charge in [0.2, 0.25) is 5.91 Å². The van der Waals surface area contributed by atoms with Crippen LogP contribution in [-0.4, -0.2) is 63.8 Å². The molecule has 0 radical (unpaired) electrons. The van der Waals surface area contributed by atoms with E-state index in [9.17, 15) is 9.59 Å². The lowest BCUT2D eigenvalue weighted by Crippen LogP contribution is -2.55. The Labute approximate surface area is 142 Å². The van der Waals surface area contributed by atoms with Gasteiger partial charge in [0.15, 0.2) is 0 Å². The zero-order valence-corrected chi connectivity index (χ0v) is 14.7. The van der Waals surface area contributed by atoms with E-state index in [4.69, 9.17) is 9.84 Å². The number of hydrogen-bond donors (Lipinski definition) is 3. The highest BCUT2D eigenvalue weighted by Gasteiger charge is 2.36. The van der Waals surface area contributed by atoms with Crippen LogP contribution in [-0.2, 0) is 16.0 Å². The largest absolute Gasteiger partial charge is 0.465 e. The number of H-pyrrole nitrogens is 1. The number of hydrogen-bond acceptors (Lipinski definition) is 4. The van der Waals surface area contributed by atoms with E-state index in [2.05, 4.69) is 31.2 Å². The van der Waals surface area contributed by atoms with Crippen LogP contribution in [0.25, 0.3) is 0 Å². The number of nitrogens with one attached hydrogen (secondary N) is 2. The van der Waals surface area contributed by atoms with Crippen molar-refractivity contribution in [3.63, 3.8) is 0 Å². The maximum Gasteiger partial charge on any atom is 0.405 e. The lowest BCUT2D eigenvalue weighted by atomic mass is 10.1. The van der Waals surface area contributed by atoms with Crippen molar-refractivity contribution in [3.05, 3.63) is 16.6 Å². The summed E-state index contributed by atoms with van der Waals surface area (Å²) < 4.78 is 5.95. The molecule has 0 unspecified atom stereocenters. The van der Waals surface area contributed by atoms with Crippen LogP contribution in [0.1, 0.15) is 25.6 Å². The number of aromatic amines is 1. The standard InChI is InChI=1S/C14H21BrN4O4/c1-8(23-2)12(18-14(21)22)13(20)19-5-3-4-9(19)6-11-16-7-10(15)17-11/h7-9,12,18H,3-6H2,1-2H3,(H,16,17)(H,21,22)/t8-,9+,12+/m1/s1. The number of halogens is 1. The second-order valence-corrected chi connectivity index (χ2v) is 6.43. The topological polar surface area (TPSA) is 108 Å². The summed E-state index contributed by atoms with van der Waals surface area (Å²) in [6, 6.07) is -0.913. The molecule has 0 aliphatic carbocycles. The van der Waals surface area contributed by atoms with E-state index >= 15 is 0 Å². The fraction of sp³-hybridized carbons (Fsp3) is 0.643. The monoisotopic (exact) mass is 388 g/mol. The smallest absolute Gasteiger partial charge is 0.405 e. The molecule has 9 heteroatoms. The number of imidazole rings is 1. The Bertz CT molecular complexity index is 565. The van der Waals surface area contributed by atoms with Gasteiger partial charge in [0.05, 0.1) is 12.3 Å². The summed E-state index contributed by atoms with van der Waals surface area (Å²) in [6.45, 7) is 2.28. The first kappa shape index (κ1) is 17.7. The van der Waals surface area contributed by atoms with Crippen LogP contribution in [0, 0.1) is 0 Å². The first-order valence-electron chi connectivity index (χ1n) is 7.44. The average Bonchev–Trinajstić information content (AvgIpc) is 3.12. The van der Waals surface area contributed by atoms with Crippen LogP contribution < -0.4 is 5.32 Å². The molecule has 0 saturated carbocycles. The van der Waals surface area contributed by atoms with Gasteiger partial charge in [-0.2, -0.15) is 0 Å². The highest BCUT2D eigenvalue weighted by atomic mass is 79.9. The molecule has 3 atom stereocenters. The Morgan fingerprint density at radius 3 is 2.96 bits per heavy atom. The number of carbonyl (C=O) groups is 2. The minimum Gasteiger partial charge on any atom is -0.465 e. The van der Waals surface area contributed by atoms with Gasteiger partial charge in [-0.05, 0) is 35.7 Å². The molecule has 1 aromatic heterocycles. The van der Waals surface area contributed by atoms with Crippen LogP contribution in [0.3, 0.4) is 0 Å². The van der Waals surface area contributed by atoms with Crippen molar-refractivity contribution in [2.45, 2.75) is 44.4 Å². The molecule has 8 nitrogen and oxygen atoms in total. The molecule has 128 valence electrons. The molecule has 23 heavy (non-hydrogen) atoms. The van der Waals surface area contributed by atoms with Crippen LogP contribution in [0.15, 0.2) is 10.8 Å². The van der Waals surface area contributed by atoms with Gasteiger partial charge < -0.3 is 25.0 Å². The number of nitrogens with zero attached hydrogens (tertiary/aromatic N) is 2.